The van der Waals surface area contributed by atoms with Crippen molar-refractivity contribution in [2.45, 2.75) is 32.1 Å². The van der Waals surface area contributed by atoms with Crippen molar-refractivity contribution in [1.82, 2.24) is 0 Å². The molecule has 1 aromatic carbocycles. The number of halogens is 1. The van der Waals surface area contributed by atoms with Crippen molar-refractivity contribution < 1.29 is 9.53 Å². The van der Waals surface area contributed by atoms with Crippen molar-refractivity contribution in [2.24, 2.45) is 11.1 Å². The largest absolute Gasteiger partial charge is 0.495 e. The number of carbonyl (C=O) groups excluding carboxylic acids is 1. The van der Waals surface area contributed by atoms with Crippen molar-refractivity contribution in [3.63, 3.8) is 0 Å². The molecule has 0 bridgehead atoms. The summed E-state index contributed by atoms with van der Waals surface area (Å²) in [6.45, 7) is 0.392. The number of hydrogen-bond donors (Lipinski definition) is 2. The molecular formula is C15H21ClN2O2. The van der Waals surface area contributed by atoms with Crippen LogP contribution in [0.25, 0.3) is 0 Å². The number of anilines is 1. The summed E-state index contributed by atoms with van der Waals surface area (Å²) in [5.41, 5.74) is 6.13. The molecule has 0 atom stereocenters. The number of methoxy groups -OCH3 is 1. The first-order valence-electron chi connectivity index (χ1n) is 6.96. The van der Waals surface area contributed by atoms with Crippen LogP contribution in [0.1, 0.15) is 32.1 Å². The first kappa shape index (κ1) is 15.1. The summed E-state index contributed by atoms with van der Waals surface area (Å²) in [6, 6.07) is 5.22. The van der Waals surface area contributed by atoms with Gasteiger partial charge in [0, 0.05) is 18.3 Å². The van der Waals surface area contributed by atoms with Gasteiger partial charge in [-0.25, -0.2) is 0 Å². The Morgan fingerprint density at radius 3 is 2.70 bits per heavy atom. The van der Waals surface area contributed by atoms with Gasteiger partial charge in [0.15, 0.2) is 0 Å². The van der Waals surface area contributed by atoms with Crippen molar-refractivity contribution in [2.75, 3.05) is 19.0 Å². The normalized spacial score (nSPS) is 17.6. The molecule has 1 aliphatic carbocycles. The Hall–Kier alpha value is -1.26. The van der Waals surface area contributed by atoms with Crippen LogP contribution < -0.4 is 15.8 Å². The van der Waals surface area contributed by atoms with Crippen LogP contribution in [0, 0.1) is 5.41 Å². The molecule has 0 heterocycles. The van der Waals surface area contributed by atoms with Crippen LogP contribution in [0.3, 0.4) is 0 Å². The predicted molar refractivity (Wildman–Crippen MR) is 81.2 cm³/mol. The van der Waals surface area contributed by atoms with Crippen molar-refractivity contribution in [3.05, 3.63) is 23.2 Å². The number of benzene rings is 1. The number of hydrogen-bond acceptors (Lipinski definition) is 3. The zero-order valence-electron chi connectivity index (χ0n) is 11.7. The van der Waals surface area contributed by atoms with Crippen LogP contribution in [-0.4, -0.2) is 19.6 Å². The third-order valence-electron chi connectivity index (χ3n) is 4.09. The zero-order chi connectivity index (χ0) is 14.6. The Labute approximate surface area is 124 Å². The molecule has 1 aliphatic rings. The number of nitrogens with two attached hydrogens (primary N) is 1. The van der Waals surface area contributed by atoms with E-state index in [2.05, 4.69) is 5.32 Å². The third kappa shape index (κ3) is 3.07. The first-order valence-corrected chi connectivity index (χ1v) is 7.34. The van der Waals surface area contributed by atoms with E-state index < -0.39 is 5.41 Å². The Kier molecular flexibility index (Phi) is 4.89. The van der Waals surface area contributed by atoms with Crippen LogP contribution >= 0.6 is 11.6 Å². The molecular weight excluding hydrogens is 276 g/mol. The molecule has 1 amide bonds. The van der Waals surface area contributed by atoms with Crippen LogP contribution in [-0.2, 0) is 4.79 Å². The highest BCUT2D eigenvalue weighted by Crippen LogP contribution is 2.37. The molecule has 2 rings (SSSR count). The number of carbonyl (C=O) groups is 1. The van der Waals surface area contributed by atoms with E-state index in [4.69, 9.17) is 22.1 Å². The topological polar surface area (TPSA) is 64.3 Å². The lowest BCUT2D eigenvalue weighted by molar-refractivity contribution is -0.126. The maximum atomic E-state index is 12.5. The molecule has 0 spiro atoms. The molecule has 5 heteroatoms. The number of amides is 1. The third-order valence-corrected chi connectivity index (χ3v) is 4.40. The Balaban J connectivity index is 2.14. The van der Waals surface area contributed by atoms with Gasteiger partial charge in [-0.05, 0) is 25.0 Å². The molecule has 1 fully saturated rings. The van der Waals surface area contributed by atoms with Gasteiger partial charge in [0.1, 0.15) is 5.75 Å². The van der Waals surface area contributed by atoms with Gasteiger partial charge < -0.3 is 15.8 Å². The fourth-order valence-electron chi connectivity index (χ4n) is 2.75. The second-order valence-corrected chi connectivity index (χ2v) is 5.76. The Bertz CT molecular complexity index is 485. The summed E-state index contributed by atoms with van der Waals surface area (Å²) in [4.78, 5) is 12.5. The molecule has 3 N–H and O–H groups in total. The van der Waals surface area contributed by atoms with E-state index in [0.717, 1.165) is 25.7 Å². The number of nitrogens with one attached hydrogen (secondary N) is 1. The Morgan fingerprint density at radius 2 is 2.10 bits per heavy atom. The molecule has 0 aromatic heterocycles. The molecule has 0 aliphatic heterocycles. The first-order chi connectivity index (χ1) is 9.61. The lowest BCUT2D eigenvalue weighted by Crippen LogP contribution is -2.43. The fourth-order valence-corrected chi connectivity index (χ4v) is 2.95. The van der Waals surface area contributed by atoms with Gasteiger partial charge in [-0.1, -0.05) is 30.9 Å². The van der Waals surface area contributed by atoms with Crippen molar-refractivity contribution >= 4 is 23.2 Å². The summed E-state index contributed by atoms with van der Waals surface area (Å²) >= 11 is 5.98. The smallest absolute Gasteiger partial charge is 0.231 e. The van der Waals surface area contributed by atoms with E-state index in [1.807, 2.05) is 0 Å². The van der Waals surface area contributed by atoms with Gasteiger partial charge in [-0.15, -0.1) is 0 Å². The predicted octanol–water partition coefficient (Wildman–Crippen LogP) is 3.20. The van der Waals surface area contributed by atoms with Gasteiger partial charge in [-0.2, -0.15) is 0 Å². The summed E-state index contributed by atoms with van der Waals surface area (Å²) in [5, 5.41) is 3.47. The SMILES string of the molecule is COc1cc(NC(=O)C2(CN)CCCCC2)ccc1Cl. The van der Waals surface area contributed by atoms with Crippen LogP contribution in [0.2, 0.25) is 5.02 Å². The number of rotatable bonds is 4. The highest BCUT2D eigenvalue weighted by Gasteiger charge is 2.38. The van der Waals surface area contributed by atoms with E-state index in [0.29, 0.717) is 23.0 Å². The van der Waals surface area contributed by atoms with Crippen LogP contribution in [0.4, 0.5) is 5.69 Å². The summed E-state index contributed by atoms with van der Waals surface area (Å²) in [7, 11) is 1.55. The number of ether oxygens (including phenoxy) is 1. The van der Waals surface area contributed by atoms with E-state index in [9.17, 15) is 4.79 Å². The maximum Gasteiger partial charge on any atom is 0.231 e. The van der Waals surface area contributed by atoms with Crippen molar-refractivity contribution in [3.8, 4) is 5.75 Å². The van der Waals surface area contributed by atoms with Gasteiger partial charge in [-0.3, -0.25) is 4.79 Å². The van der Waals surface area contributed by atoms with E-state index in [-0.39, 0.29) is 5.91 Å². The molecule has 4 nitrogen and oxygen atoms in total. The highest BCUT2D eigenvalue weighted by molar-refractivity contribution is 6.32. The molecule has 110 valence electrons. The van der Waals surface area contributed by atoms with E-state index in [1.165, 1.54) is 6.42 Å². The molecule has 1 saturated carbocycles. The minimum atomic E-state index is -0.425. The standard InChI is InChI=1S/C15H21ClN2O2/c1-20-13-9-11(5-6-12(13)16)18-14(19)15(10-17)7-3-2-4-8-15/h5-6,9H,2-4,7-8,10,17H2,1H3,(H,18,19). The Morgan fingerprint density at radius 1 is 1.40 bits per heavy atom. The van der Waals surface area contributed by atoms with Crippen molar-refractivity contribution in [1.29, 1.82) is 0 Å². The average molecular weight is 297 g/mol. The van der Waals surface area contributed by atoms with E-state index >= 15 is 0 Å². The maximum absolute atomic E-state index is 12.5. The molecule has 0 radical (unpaired) electrons. The molecule has 20 heavy (non-hydrogen) atoms. The second kappa shape index (κ2) is 6.46. The summed E-state index contributed by atoms with van der Waals surface area (Å²) < 4.78 is 5.16. The van der Waals surface area contributed by atoms with Gasteiger partial charge >= 0.3 is 0 Å². The second-order valence-electron chi connectivity index (χ2n) is 5.35. The molecule has 0 unspecified atom stereocenters. The summed E-state index contributed by atoms with van der Waals surface area (Å²) in [5.74, 6) is 0.555. The lowest BCUT2D eigenvalue weighted by atomic mass is 9.73. The van der Waals surface area contributed by atoms with Crippen LogP contribution in [0.5, 0.6) is 5.75 Å². The van der Waals surface area contributed by atoms with E-state index in [1.54, 1.807) is 25.3 Å². The lowest BCUT2D eigenvalue weighted by Gasteiger charge is -2.34. The minimum Gasteiger partial charge on any atom is -0.495 e. The van der Waals surface area contributed by atoms with Gasteiger partial charge in [0.2, 0.25) is 5.91 Å². The minimum absolute atomic E-state index is 0.00377. The summed E-state index contributed by atoms with van der Waals surface area (Å²) in [6.07, 6.45) is 5.03. The molecule has 1 aromatic rings. The molecule has 0 saturated heterocycles. The highest BCUT2D eigenvalue weighted by atomic mass is 35.5. The van der Waals surface area contributed by atoms with Crippen LogP contribution in [0.15, 0.2) is 18.2 Å². The quantitative estimate of drug-likeness (QED) is 0.897. The average Bonchev–Trinajstić information content (AvgIpc) is 2.49. The van der Waals surface area contributed by atoms with Gasteiger partial charge in [0.25, 0.3) is 0 Å². The zero-order valence-corrected chi connectivity index (χ0v) is 12.5. The van der Waals surface area contributed by atoms with Gasteiger partial charge in [0.05, 0.1) is 17.5 Å². The monoisotopic (exact) mass is 296 g/mol. The fraction of sp³-hybridized carbons (Fsp3) is 0.533.